The molecule has 0 fully saturated rings. The fourth-order valence-corrected chi connectivity index (χ4v) is 5.38. The molecule has 0 unspecified atom stereocenters. The quantitative estimate of drug-likeness (QED) is 0.617. The molecule has 0 spiro atoms. The van der Waals surface area contributed by atoms with Gasteiger partial charge in [0.05, 0.1) is 24.8 Å². The van der Waals surface area contributed by atoms with E-state index in [-0.39, 0.29) is 10.7 Å². The van der Waals surface area contributed by atoms with Crippen LogP contribution in [0, 0.1) is 0 Å². The molecule has 1 aliphatic rings. The van der Waals surface area contributed by atoms with Crippen LogP contribution in [0.1, 0.15) is 41.4 Å². The fraction of sp³-hybridized carbons (Fsp3) is 0.318. The molecule has 1 aromatic heterocycles. The molecule has 30 heavy (non-hydrogen) atoms. The highest BCUT2D eigenvalue weighted by molar-refractivity contribution is 7.92. The summed E-state index contributed by atoms with van der Waals surface area (Å²) in [5.41, 5.74) is 3.31. The molecule has 0 amide bonds. The van der Waals surface area contributed by atoms with E-state index < -0.39 is 10.0 Å². The van der Waals surface area contributed by atoms with Crippen molar-refractivity contribution in [3.8, 4) is 11.5 Å². The molecule has 1 heterocycles. The SMILES string of the molecule is CCc1cc2c3c([nH]c2cc1S(=O)(=O)Nc1ccc(OC)c(OC)c1)CCCC3=O. The van der Waals surface area contributed by atoms with Gasteiger partial charge in [-0.05, 0) is 49.1 Å². The normalized spacial score (nSPS) is 13.9. The number of fused-ring (bicyclic) bond motifs is 3. The lowest BCUT2D eigenvalue weighted by atomic mass is 9.94. The van der Waals surface area contributed by atoms with Gasteiger partial charge in [0.25, 0.3) is 10.0 Å². The lowest BCUT2D eigenvalue weighted by Crippen LogP contribution is -2.15. The average Bonchev–Trinajstić information content (AvgIpc) is 3.11. The van der Waals surface area contributed by atoms with Gasteiger partial charge < -0.3 is 14.5 Å². The number of sulfonamides is 1. The summed E-state index contributed by atoms with van der Waals surface area (Å²) in [7, 11) is -0.846. The first-order valence-electron chi connectivity index (χ1n) is 9.83. The number of aromatic nitrogens is 1. The highest BCUT2D eigenvalue weighted by Crippen LogP contribution is 2.34. The molecular formula is C22H24N2O5S. The minimum atomic E-state index is -3.86. The highest BCUT2D eigenvalue weighted by atomic mass is 32.2. The number of carbonyl (C=O) groups excluding carboxylic acids is 1. The maximum Gasteiger partial charge on any atom is 0.262 e. The van der Waals surface area contributed by atoms with Crippen LogP contribution in [0.4, 0.5) is 5.69 Å². The number of ketones is 1. The molecule has 0 radical (unpaired) electrons. The number of aryl methyl sites for hydroxylation is 2. The molecule has 3 aromatic rings. The van der Waals surface area contributed by atoms with Crippen LogP contribution in [-0.4, -0.2) is 33.4 Å². The second kappa shape index (κ2) is 7.68. The van der Waals surface area contributed by atoms with Gasteiger partial charge in [-0.3, -0.25) is 9.52 Å². The van der Waals surface area contributed by atoms with Gasteiger partial charge in [0, 0.05) is 34.6 Å². The standard InChI is InChI=1S/C22H24N2O5S/c1-4-13-10-15-17(23-16-6-5-7-18(25)22(15)16)12-21(13)30(26,27)24-14-8-9-19(28-2)20(11-14)29-3/h8-12,23-24H,4-7H2,1-3H3. The Bertz CT molecular complexity index is 1240. The van der Waals surface area contributed by atoms with Crippen LogP contribution in [0.15, 0.2) is 35.2 Å². The van der Waals surface area contributed by atoms with Crippen LogP contribution in [0.3, 0.4) is 0 Å². The summed E-state index contributed by atoms with van der Waals surface area (Å²) in [6.45, 7) is 1.90. The van der Waals surface area contributed by atoms with Crippen molar-refractivity contribution in [1.82, 2.24) is 4.98 Å². The maximum atomic E-state index is 13.2. The lowest BCUT2D eigenvalue weighted by molar-refractivity contribution is 0.0974. The van der Waals surface area contributed by atoms with E-state index in [2.05, 4.69) is 9.71 Å². The van der Waals surface area contributed by atoms with Crippen LogP contribution in [-0.2, 0) is 22.9 Å². The number of rotatable bonds is 6. The third kappa shape index (κ3) is 3.41. The van der Waals surface area contributed by atoms with Gasteiger partial charge in [0.15, 0.2) is 17.3 Å². The number of aromatic amines is 1. The van der Waals surface area contributed by atoms with Crippen LogP contribution in [0.5, 0.6) is 11.5 Å². The van der Waals surface area contributed by atoms with Crippen LogP contribution in [0.2, 0.25) is 0 Å². The van der Waals surface area contributed by atoms with E-state index in [0.717, 1.165) is 23.9 Å². The van der Waals surface area contributed by atoms with E-state index in [1.807, 2.05) is 13.0 Å². The predicted molar refractivity (Wildman–Crippen MR) is 115 cm³/mol. The Balaban J connectivity index is 1.78. The molecule has 4 rings (SSSR count). The van der Waals surface area contributed by atoms with Crippen molar-refractivity contribution in [1.29, 1.82) is 0 Å². The molecule has 2 aromatic carbocycles. The first-order chi connectivity index (χ1) is 14.4. The molecular weight excluding hydrogens is 404 g/mol. The van der Waals surface area contributed by atoms with E-state index in [1.165, 1.54) is 14.2 Å². The number of nitrogens with one attached hydrogen (secondary N) is 2. The minimum Gasteiger partial charge on any atom is -0.493 e. The molecule has 0 atom stereocenters. The van der Waals surface area contributed by atoms with E-state index in [9.17, 15) is 13.2 Å². The Kier molecular flexibility index (Phi) is 5.19. The monoisotopic (exact) mass is 428 g/mol. The van der Waals surface area contributed by atoms with Crippen LogP contribution < -0.4 is 14.2 Å². The van der Waals surface area contributed by atoms with Crippen LogP contribution >= 0.6 is 0 Å². The summed E-state index contributed by atoms with van der Waals surface area (Å²) in [6.07, 6.45) is 2.66. The Morgan fingerprint density at radius 2 is 1.83 bits per heavy atom. The molecule has 0 aliphatic heterocycles. The van der Waals surface area contributed by atoms with Gasteiger partial charge >= 0.3 is 0 Å². The zero-order valence-electron chi connectivity index (χ0n) is 17.2. The smallest absolute Gasteiger partial charge is 0.262 e. The summed E-state index contributed by atoms with van der Waals surface area (Å²) >= 11 is 0. The zero-order chi connectivity index (χ0) is 21.5. The van der Waals surface area contributed by atoms with Gasteiger partial charge in [-0.15, -0.1) is 0 Å². The van der Waals surface area contributed by atoms with Gasteiger partial charge in [0.1, 0.15) is 0 Å². The number of methoxy groups -OCH3 is 2. The summed E-state index contributed by atoms with van der Waals surface area (Å²) in [5, 5.41) is 0.802. The first-order valence-corrected chi connectivity index (χ1v) is 11.3. The average molecular weight is 429 g/mol. The van der Waals surface area contributed by atoms with Crippen molar-refractivity contribution in [3.05, 3.63) is 47.2 Å². The summed E-state index contributed by atoms with van der Waals surface area (Å²) in [5.74, 6) is 1.06. The number of ether oxygens (including phenoxy) is 2. The van der Waals surface area contributed by atoms with E-state index in [1.54, 1.807) is 24.3 Å². The third-order valence-corrected chi connectivity index (χ3v) is 6.94. The highest BCUT2D eigenvalue weighted by Gasteiger charge is 2.26. The Morgan fingerprint density at radius 1 is 1.07 bits per heavy atom. The second-order valence-electron chi connectivity index (χ2n) is 7.29. The molecule has 8 heteroatoms. The maximum absolute atomic E-state index is 13.2. The summed E-state index contributed by atoms with van der Waals surface area (Å²) < 4.78 is 39.5. The van der Waals surface area contributed by atoms with Gasteiger partial charge in [-0.25, -0.2) is 8.42 Å². The number of hydrogen-bond donors (Lipinski definition) is 2. The predicted octanol–water partition coefficient (Wildman–Crippen LogP) is 4.07. The molecule has 0 bridgehead atoms. The van der Waals surface area contributed by atoms with E-state index >= 15 is 0 Å². The van der Waals surface area contributed by atoms with Crippen molar-refractivity contribution >= 4 is 32.4 Å². The van der Waals surface area contributed by atoms with Crippen LogP contribution in [0.25, 0.3) is 10.9 Å². The number of H-pyrrole nitrogens is 1. The molecule has 0 saturated carbocycles. The van der Waals surface area contributed by atoms with Crippen molar-refractivity contribution in [3.63, 3.8) is 0 Å². The largest absolute Gasteiger partial charge is 0.493 e. The Hall–Kier alpha value is -3.00. The number of anilines is 1. The van der Waals surface area contributed by atoms with Gasteiger partial charge in [-0.2, -0.15) is 0 Å². The van der Waals surface area contributed by atoms with Crippen molar-refractivity contribution in [2.24, 2.45) is 0 Å². The first kappa shape index (κ1) is 20.3. The van der Waals surface area contributed by atoms with Gasteiger partial charge in [-0.1, -0.05) is 6.92 Å². The Morgan fingerprint density at radius 3 is 2.53 bits per heavy atom. The molecule has 0 saturated heterocycles. The third-order valence-electron chi connectivity index (χ3n) is 5.47. The summed E-state index contributed by atoms with van der Waals surface area (Å²) in [4.78, 5) is 15.9. The fourth-order valence-electron chi connectivity index (χ4n) is 4.02. The minimum absolute atomic E-state index is 0.114. The zero-order valence-corrected chi connectivity index (χ0v) is 18.0. The van der Waals surface area contributed by atoms with E-state index in [0.29, 0.717) is 46.7 Å². The van der Waals surface area contributed by atoms with Crippen molar-refractivity contribution in [2.45, 2.75) is 37.5 Å². The second-order valence-corrected chi connectivity index (χ2v) is 8.94. The van der Waals surface area contributed by atoms with Crippen molar-refractivity contribution in [2.75, 3.05) is 18.9 Å². The van der Waals surface area contributed by atoms with Crippen molar-refractivity contribution < 1.29 is 22.7 Å². The topological polar surface area (TPSA) is 97.5 Å². The number of carbonyl (C=O) groups is 1. The molecule has 2 N–H and O–H groups in total. The number of benzene rings is 2. The Labute approximate surface area is 175 Å². The number of Topliss-reactive ketones (excluding diaryl/α,β-unsaturated/α-hetero) is 1. The molecule has 7 nitrogen and oxygen atoms in total. The molecule has 158 valence electrons. The lowest BCUT2D eigenvalue weighted by Gasteiger charge is -2.14. The summed E-state index contributed by atoms with van der Waals surface area (Å²) in [6, 6.07) is 8.30. The van der Waals surface area contributed by atoms with E-state index in [4.69, 9.17) is 9.47 Å². The molecule has 1 aliphatic carbocycles. The van der Waals surface area contributed by atoms with Gasteiger partial charge in [0.2, 0.25) is 0 Å². The number of hydrogen-bond acceptors (Lipinski definition) is 5.